The second-order valence-corrected chi connectivity index (χ2v) is 3.56. The number of hydrogen-bond donors (Lipinski definition) is 1. The van der Waals surface area contributed by atoms with E-state index >= 15 is 0 Å². The number of benzene rings is 1. The zero-order valence-corrected chi connectivity index (χ0v) is 9.40. The maximum absolute atomic E-state index is 11.5. The van der Waals surface area contributed by atoms with Crippen LogP contribution in [-0.4, -0.2) is 25.2 Å². The lowest BCUT2D eigenvalue weighted by atomic mass is 10.1. The minimum Gasteiger partial charge on any atom is -0.475 e. The van der Waals surface area contributed by atoms with Crippen molar-refractivity contribution in [2.75, 3.05) is 18.5 Å². The predicted molar refractivity (Wildman–Crippen MR) is 60.7 cm³/mol. The lowest BCUT2D eigenvalue weighted by molar-refractivity contribution is -0.150. The van der Waals surface area contributed by atoms with Crippen LogP contribution in [0, 0.1) is 11.3 Å². The molecule has 1 aromatic carbocycles. The number of rotatable bonds is 2. The standard InChI is InChI=1S/C12H12N2O3/c1-2-16-12(15)11-7-14-9-5-8(6-13)3-4-10(9)17-11/h3-5,11,14H,2,7H2,1H3. The van der Waals surface area contributed by atoms with E-state index in [9.17, 15) is 4.79 Å². The number of nitrogens with zero attached hydrogens (tertiary/aromatic N) is 1. The summed E-state index contributed by atoms with van der Waals surface area (Å²) in [5, 5.41) is 11.8. The van der Waals surface area contributed by atoms with E-state index in [1.807, 2.05) is 6.07 Å². The molecule has 0 spiro atoms. The molecule has 0 saturated heterocycles. The summed E-state index contributed by atoms with van der Waals surface area (Å²) in [6, 6.07) is 7.06. The van der Waals surface area contributed by atoms with Gasteiger partial charge in [0.05, 0.1) is 30.5 Å². The quantitative estimate of drug-likeness (QED) is 0.778. The molecule has 1 heterocycles. The first-order valence-electron chi connectivity index (χ1n) is 5.36. The Hall–Kier alpha value is -2.22. The largest absolute Gasteiger partial charge is 0.475 e. The van der Waals surface area contributed by atoms with Crippen LogP contribution in [0.1, 0.15) is 12.5 Å². The Morgan fingerprint density at radius 1 is 1.71 bits per heavy atom. The summed E-state index contributed by atoms with van der Waals surface area (Å²) in [5.74, 6) is 0.184. The Morgan fingerprint density at radius 2 is 2.53 bits per heavy atom. The van der Waals surface area contributed by atoms with Gasteiger partial charge in [-0.05, 0) is 25.1 Å². The molecule has 1 atom stereocenters. The van der Waals surface area contributed by atoms with Gasteiger partial charge in [0, 0.05) is 0 Å². The highest BCUT2D eigenvalue weighted by Crippen LogP contribution is 2.29. The molecule has 2 rings (SSSR count). The van der Waals surface area contributed by atoms with E-state index in [2.05, 4.69) is 5.32 Å². The average Bonchev–Trinajstić information content (AvgIpc) is 2.37. The molecule has 0 radical (unpaired) electrons. The van der Waals surface area contributed by atoms with Crippen LogP contribution in [0.15, 0.2) is 18.2 Å². The topological polar surface area (TPSA) is 71.3 Å². The molecular weight excluding hydrogens is 220 g/mol. The third-order valence-corrected chi connectivity index (χ3v) is 2.41. The molecule has 0 bridgehead atoms. The number of fused-ring (bicyclic) bond motifs is 1. The third kappa shape index (κ3) is 2.31. The first-order chi connectivity index (χ1) is 8.24. The molecule has 1 aromatic rings. The van der Waals surface area contributed by atoms with Crippen LogP contribution in [0.2, 0.25) is 0 Å². The first-order valence-corrected chi connectivity index (χ1v) is 5.36. The van der Waals surface area contributed by atoms with Crippen LogP contribution in [0.25, 0.3) is 0 Å². The normalized spacial score (nSPS) is 17.1. The van der Waals surface area contributed by atoms with E-state index in [1.165, 1.54) is 0 Å². The van der Waals surface area contributed by atoms with Gasteiger partial charge >= 0.3 is 5.97 Å². The smallest absolute Gasteiger partial charge is 0.349 e. The fraction of sp³-hybridized carbons (Fsp3) is 0.333. The average molecular weight is 232 g/mol. The number of hydrogen-bond acceptors (Lipinski definition) is 5. The van der Waals surface area contributed by atoms with Crippen molar-refractivity contribution < 1.29 is 14.3 Å². The highest BCUT2D eigenvalue weighted by molar-refractivity contribution is 5.78. The van der Waals surface area contributed by atoms with Gasteiger partial charge in [0.1, 0.15) is 5.75 Å². The summed E-state index contributed by atoms with van der Waals surface area (Å²) in [5.41, 5.74) is 1.28. The highest BCUT2D eigenvalue weighted by Gasteiger charge is 2.26. The van der Waals surface area contributed by atoms with Crippen LogP contribution in [0.3, 0.4) is 0 Å². The van der Waals surface area contributed by atoms with Gasteiger partial charge in [-0.1, -0.05) is 0 Å². The minimum absolute atomic E-state index is 0.332. The SMILES string of the molecule is CCOC(=O)C1CNc2cc(C#N)ccc2O1. The lowest BCUT2D eigenvalue weighted by Crippen LogP contribution is -2.38. The van der Waals surface area contributed by atoms with Gasteiger partial charge in [0.25, 0.3) is 0 Å². The van der Waals surface area contributed by atoms with Crippen LogP contribution >= 0.6 is 0 Å². The predicted octanol–water partition coefficient (Wildman–Crippen LogP) is 1.29. The highest BCUT2D eigenvalue weighted by atomic mass is 16.6. The molecule has 1 N–H and O–H groups in total. The number of ether oxygens (including phenoxy) is 2. The zero-order chi connectivity index (χ0) is 12.3. The number of carbonyl (C=O) groups is 1. The van der Waals surface area contributed by atoms with Crippen LogP contribution in [0.4, 0.5) is 5.69 Å². The van der Waals surface area contributed by atoms with Crippen LogP contribution < -0.4 is 10.1 Å². The Labute approximate surface area is 98.9 Å². The molecule has 5 nitrogen and oxygen atoms in total. The summed E-state index contributed by atoms with van der Waals surface area (Å²) < 4.78 is 10.4. The van der Waals surface area contributed by atoms with Gasteiger partial charge < -0.3 is 14.8 Å². The van der Waals surface area contributed by atoms with E-state index < -0.39 is 6.10 Å². The first kappa shape index (κ1) is 11.3. The molecule has 0 aliphatic carbocycles. The third-order valence-electron chi connectivity index (χ3n) is 2.41. The van der Waals surface area contributed by atoms with Gasteiger partial charge in [-0.3, -0.25) is 0 Å². The number of carbonyl (C=O) groups excluding carboxylic acids is 1. The molecule has 1 aliphatic rings. The summed E-state index contributed by atoms with van der Waals surface area (Å²) in [7, 11) is 0. The number of nitrogens with one attached hydrogen (secondary N) is 1. The summed E-state index contributed by atoms with van der Waals surface area (Å²) in [4.78, 5) is 11.5. The van der Waals surface area contributed by atoms with E-state index in [0.717, 1.165) is 5.69 Å². The van der Waals surface area contributed by atoms with Crippen molar-refractivity contribution >= 4 is 11.7 Å². The summed E-state index contributed by atoms with van der Waals surface area (Å²) in [6.45, 7) is 2.43. The molecule has 1 aliphatic heterocycles. The van der Waals surface area contributed by atoms with E-state index in [4.69, 9.17) is 14.7 Å². The zero-order valence-electron chi connectivity index (χ0n) is 9.40. The molecular formula is C12H12N2O3. The fourth-order valence-electron chi connectivity index (χ4n) is 1.60. The van der Waals surface area contributed by atoms with Gasteiger partial charge in [-0.15, -0.1) is 0 Å². The van der Waals surface area contributed by atoms with Crippen molar-refractivity contribution in [1.29, 1.82) is 5.26 Å². The molecule has 0 saturated carbocycles. The fourth-order valence-corrected chi connectivity index (χ4v) is 1.60. The van der Waals surface area contributed by atoms with Crippen molar-refractivity contribution in [2.45, 2.75) is 13.0 Å². The van der Waals surface area contributed by atoms with Crippen LogP contribution in [-0.2, 0) is 9.53 Å². The number of nitriles is 1. The lowest BCUT2D eigenvalue weighted by Gasteiger charge is -2.25. The van der Waals surface area contributed by atoms with Gasteiger partial charge in [0.15, 0.2) is 0 Å². The number of anilines is 1. The van der Waals surface area contributed by atoms with Gasteiger partial charge in [0.2, 0.25) is 6.10 Å². The Kier molecular flexibility index (Phi) is 3.15. The van der Waals surface area contributed by atoms with Crippen molar-refractivity contribution in [3.8, 4) is 11.8 Å². The van der Waals surface area contributed by atoms with Crippen molar-refractivity contribution in [3.63, 3.8) is 0 Å². The maximum Gasteiger partial charge on any atom is 0.349 e. The molecule has 5 heteroatoms. The molecule has 88 valence electrons. The Morgan fingerprint density at radius 3 is 3.24 bits per heavy atom. The van der Waals surface area contributed by atoms with Crippen molar-refractivity contribution in [1.82, 2.24) is 0 Å². The van der Waals surface area contributed by atoms with Crippen LogP contribution in [0.5, 0.6) is 5.75 Å². The Balaban J connectivity index is 2.15. The van der Waals surface area contributed by atoms with Gasteiger partial charge in [-0.25, -0.2) is 4.79 Å². The molecule has 0 fully saturated rings. The monoisotopic (exact) mass is 232 g/mol. The molecule has 0 amide bonds. The second kappa shape index (κ2) is 4.74. The van der Waals surface area contributed by atoms with E-state index in [-0.39, 0.29) is 5.97 Å². The van der Waals surface area contributed by atoms with E-state index in [1.54, 1.807) is 25.1 Å². The van der Waals surface area contributed by atoms with Gasteiger partial charge in [-0.2, -0.15) is 5.26 Å². The molecule has 0 aromatic heterocycles. The molecule has 17 heavy (non-hydrogen) atoms. The number of esters is 1. The van der Waals surface area contributed by atoms with Crippen molar-refractivity contribution in [2.24, 2.45) is 0 Å². The maximum atomic E-state index is 11.5. The second-order valence-electron chi connectivity index (χ2n) is 3.56. The summed E-state index contributed by atoms with van der Waals surface area (Å²) >= 11 is 0. The van der Waals surface area contributed by atoms with Crippen molar-refractivity contribution in [3.05, 3.63) is 23.8 Å². The minimum atomic E-state index is -0.629. The Bertz CT molecular complexity index is 479. The summed E-state index contributed by atoms with van der Waals surface area (Å²) in [6.07, 6.45) is -0.629. The van der Waals surface area contributed by atoms with E-state index in [0.29, 0.717) is 24.5 Å². The molecule has 1 unspecified atom stereocenters.